The van der Waals surface area contributed by atoms with E-state index in [2.05, 4.69) is 24.1 Å². The second-order valence-corrected chi connectivity index (χ2v) is 10.8. The minimum atomic E-state index is -0.160. The molecular weight excluding hydrogens is 454 g/mol. The molecule has 1 amide bonds. The first-order valence-corrected chi connectivity index (χ1v) is 13.7. The highest BCUT2D eigenvalue weighted by molar-refractivity contribution is 5.98. The molecule has 36 heavy (non-hydrogen) atoms. The normalized spacial score (nSPS) is 19.5. The highest BCUT2D eigenvalue weighted by Gasteiger charge is 2.24. The number of nitrogens with one attached hydrogen (secondary N) is 1. The van der Waals surface area contributed by atoms with Crippen LogP contribution in [-0.2, 0) is 4.74 Å². The molecule has 2 aromatic rings. The van der Waals surface area contributed by atoms with E-state index in [1.54, 1.807) is 13.2 Å². The number of methoxy groups -OCH3 is 1. The molecule has 1 N–H and O–H groups in total. The third-order valence-electron chi connectivity index (χ3n) is 7.21. The summed E-state index contributed by atoms with van der Waals surface area (Å²) in [6.45, 7) is 9.06. The van der Waals surface area contributed by atoms with Crippen molar-refractivity contribution in [2.45, 2.75) is 64.8 Å². The largest absolute Gasteiger partial charge is 0.491 e. The van der Waals surface area contributed by atoms with Crippen molar-refractivity contribution >= 4 is 16.8 Å². The number of likely N-dealkylation sites (tertiary alicyclic amines) is 1. The molecule has 1 saturated heterocycles. The van der Waals surface area contributed by atoms with Gasteiger partial charge in [0.2, 0.25) is 0 Å². The molecule has 2 aliphatic rings. The molecule has 1 aromatic carbocycles. The van der Waals surface area contributed by atoms with Gasteiger partial charge < -0.3 is 24.4 Å². The highest BCUT2D eigenvalue weighted by Crippen LogP contribution is 2.33. The zero-order chi connectivity index (χ0) is 25.3. The summed E-state index contributed by atoms with van der Waals surface area (Å²) >= 11 is 0. The van der Waals surface area contributed by atoms with Gasteiger partial charge in [0.25, 0.3) is 5.91 Å². The number of carbonyl (C=O) groups is 1. The Balaban J connectivity index is 1.55. The lowest BCUT2D eigenvalue weighted by atomic mass is 9.90. The quantitative estimate of drug-likeness (QED) is 0.437. The van der Waals surface area contributed by atoms with Gasteiger partial charge in [-0.1, -0.05) is 39.2 Å². The van der Waals surface area contributed by atoms with Crippen LogP contribution in [0.15, 0.2) is 24.3 Å². The molecule has 1 aliphatic carbocycles. The number of hydrogen-bond donors (Lipinski definition) is 1. The molecule has 0 spiro atoms. The molecule has 1 aliphatic heterocycles. The van der Waals surface area contributed by atoms with Crippen molar-refractivity contribution in [1.82, 2.24) is 15.2 Å². The van der Waals surface area contributed by atoms with Crippen LogP contribution < -0.4 is 14.8 Å². The summed E-state index contributed by atoms with van der Waals surface area (Å²) in [7, 11) is 1.65. The second-order valence-electron chi connectivity index (χ2n) is 10.8. The molecular formula is C29H43N3O4. The second kappa shape index (κ2) is 13.2. The molecule has 1 saturated carbocycles. The van der Waals surface area contributed by atoms with Crippen molar-refractivity contribution in [2.75, 3.05) is 46.6 Å². The topological polar surface area (TPSA) is 72.9 Å². The van der Waals surface area contributed by atoms with E-state index in [1.165, 1.54) is 32.1 Å². The fourth-order valence-electron chi connectivity index (χ4n) is 5.45. The van der Waals surface area contributed by atoms with E-state index in [9.17, 15) is 4.79 Å². The summed E-state index contributed by atoms with van der Waals surface area (Å²) < 4.78 is 17.5. The molecule has 4 rings (SSSR count). The molecule has 2 heterocycles. The number of rotatable bonds is 11. The van der Waals surface area contributed by atoms with E-state index in [-0.39, 0.29) is 11.9 Å². The molecule has 2 fully saturated rings. The molecule has 0 radical (unpaired) electrons. The first kappa shape index (κ1) is 26.7. The van der Waals surface area contributed by atoms with E-state index in [4.69, 9.17) is 19.2 Å². The van der Waals surface area contributed by atoms with Crippen LogP contribution in [-0.4, -0.2) is 68.4 Å². The fourth-order valence-corrected chi connectivity index (χ4v) is 5.45. The molecule has 0 unspecified atom stereocenters. The monoisotopic (exact) mass is 497 g/mol. The highest BCUT2D eigenvalue weighted by atomic mass is 16.5. The Morgan fingerprint density at radius 3 is 2.69 bits per heavy atom. The zero-order valence-corrected chi connectivity index (χ0v) is 22.3. The van der Waals surface area contributed by atoms with Gasteiger partial charge in [-0.3, -0.25) is 4.79 Å². The van der Waals surface area contributed by atoms with Crippen LogP contribution in [0.4, 0.5) is 0 Å². The van der Waals surface area contributed by atoms with Gasteiger partial charge in [-0.15, -0.1) is 0 Å². The van der Waals surface area contributed by atoms with Gasteiger partial charge in [0.05, 0.1) is 13.2 Å². The van der Waals surface area contributed by atoms with Crippen molar-refractivity contribution in [1.29, 1.82) is 0 Å². The number of para-hydroxylation sites is 1. The average molecular weight is 498 g/mol. The van der Waals surface area contributed by atoms with E-state index in [1.807, 2.05) is 18.2 Å². The van der Waals surface area contributed by atoms with Gasteiger partial charge in [-0.05, 0) is 56.2 Å². The van der Waals surface area contributed by atoms with Crippen LogP contribution in [0.25, 0.3) is 10.9 Å². The predicted octanol–water partition coefficient (Wildman–Crippen LogP) is 5.07. The van der Waals surface area contributed by atoms with Gasteiger partial charge in [-0.2, -0.15) is 0 Å². The summed E-state index contributed by atoms with van der Waals surface area (Å²) in [4.78, 5) is 20.6. The lowest BCUT2D eigenvalue weighted by Gasteiger charge is -2.34. The maximum Gasteiger partial charge on any atom is 0.270 e. The number of pyridine rings is 1. The van der Waals surface area contributed by atoms with Crippen LogP contribution in [0.3, 0.4) is 0 Å². The summed E-state index contributed by atoms with van der Waals surface area (Å²) in [5, 5.41) is 4.09. The minimum absolute atomic E-state index is 0.123. The van der Waals surface area contributed by atoms with Crippen LogP contribution in [0, 0.1) is 11.8 Å². The number of hydrogen-bond acceptors (Lipinski definition) is 6. The van der Waals surface area contributed by atoms with E-state index >= 15 is 0 Å². The Labute approximate surface area is 215 Å². The summed E-state index contributed by atoms with van der Waals surface area (Å²) in [5.41, 5.74) is 1.04. The third kappa shape index (κ3) is 7.32. The van der Waals surface area contributed by atoms with Crippen LogP contribution >= 0.6 is 0 Å². The number of piperidine rings is 1. The number of nitrogens with zero attached hydrogens (tertiary/aromatic N) is 2. The molecule has 198 valence electrons. The molecule has 1 atom stereocenters. The maximum absolute atomic E-state index is 13.4. The number of benzene rings is 1. The minimum Gasteiger partial charge on any atom is -0.491 e. The van der Waals surface area contributed by atoms with Gasteiger partial charge in [0, 0.05) is 37.7 Å². The van der Waals surface area contributed by atoms with Crippen LogP contribution in [0.1, 0.15) is 69.3 Å². The van der Waals surface area contributed by atoms with Crippen molar-refractivity contribution in [2.24, 2.45) is 11.8 Å². The van der Waals surface area contributed by atoms with Crippen molar-refractivity contribution in [3.63, 3.8) is 0 Å². The Hall–Kier alpha value is -2.38. The van der Waals surface area contributed by atoms with Gasteiger partial charge in [0.1, 0.15) is 29.3 Å². The lowest BCUT2D eigenvalue weighted by molar-refractivity contribution is 0.0893. The number of fused-ring (bicyclic) bond motifs is 1. The summed E-state index contributed by atoms with van der Waals surface area (Å²) in [6, 6.07) is 7.77. The number of aromatic nitrogens is 1. The number of carbonyl (C=O) groups excluding carboxylic acids is 1. The van der Waals surface area contributed by atoms with E-state index < -0.39 is 0 Å². The van der Waals surface area contributed by atoms with Crippen LogP contribution in [0.5, 0.6) is 11.5 Å². The molecule has 1 aromatic heterocycles. The maximum atomic E-state index is 13.4. The average Bonchev–Trinajstić information content (AvgIpc) is 2.88. The van der Waals surface area contributed by atoms with Crippen molar-refractivity contribution in [3.05, 3.63) is 30.0 Å². The van der Waals surface area contributed by atoms with E-state index in [0.717, 1.165) is 37.9 Å². The van der Waals surface area contributed by atoms with Crippen molar-refractivity contribution < 1.29 is 19.0 Å². The van der Waals surface area contributed by atoms with Crippen LogP contribution in [0.2, 0.25) is 0 Å². The molecule has 0 bridgehead atoms. The zero-order valence-electron chi connectivity index (χ0n) is 22.3. The van der Waals surface area contributed by atoms with Gasteiger partial charge in [0.15, 0.2) is 0 Å². The predicted molar refractivity (Wildman–Crippen MR) is 143 cm³/mol. The Kier molecular flexibility index (Phi) is 9.82. The molecule has 7 heteroatoms. The first-order chi connectivity index (χ1) is 17.5. The standard InChI is InChI=1S/C29H43N3O4/c1-21(2)18-32-14-8-11-23(19-32)30-29(33)25-17-27(35-16-15-34-3)24-12-7-13-26(28(24)31-25)36-20-22-9-5-4-6-10-22/h7,12-13,17,21-23H,4-6,8-11,14-16,18-20H2,1-3H3,(H,30,33)/t23-/m1/s1. The van der Waals surface area contributed by atoms with E-state index in [0.29, 0.717) is 54.4 Å². The van der Waals surface area contributed by atoms with Crippen molar-refractivity contribution in [3.8, 4) is 11.5 Å². The Morgan fingerprint density at radius 2 is 1.92 bits per heavy atom. The Morgan fingerprint density at radius 1 is 1.08 bits per heavy atom. The SMILES string of the molecule is COCCOc1cc(C(=O)N[C@@H]2CCCN(CC(C)C)C2)nc2c(OCC3CCCCC3)cccc12. The fraction of sp³-hybridized carbons (Fsp3) is 0.655. The van der Waals surface area contributed by atoms with Gasteiger partial charge >= 0.3 is 0 Å². The summed E-state index contributed by atoms with van der Waals surface area (Å²) in [6.07, 6.45) is 8.38. The molecule has 7 nitrogen and oxygen atoms in total. The number of amides is 1. The smallest absolute Gasteiger partial charge is 0.270 e. The summed E-state index contributed by atoms with van der Waals surface area (Å²) in [5.74, 6) is 2.38. The third-order valence-corrected chi connectivity index (χ3v) is 7.21. The Bertz CT molecular complexity index is 990. The van der Waals surface area contributed by atoms with Gasteiger partial charge in [-0.25, -0.2) is 4.98 Å². The number of ether oxygens (including phenoxy) is 3. The lowest BCUT2D eigenvalue weighted by Crippen LogP contribution is -2.48. The first-order valence-electron chi connectivity index (χ1n) is 13.7.